The molecule has 0 spiro atoms. The van der Waals surface area contributed by atoms with Gasteiger partial charge in [-0.1, -0.05) is 12.1 Å². The van der Waals surface area contributed by atoms with Crippen molar-refractivity contribution >= 4 is 15.9 Å². The fourth-order valence-corrected chi connectivity index (χ4v) is 2.04. The molecule has 1 aromatic carbocycles. The standard InChI is InChI=1S/C14H14BrNO3/c1-19-12-5-2-10(3-6-12)14(18,9-17)13-7-4-11(15)8-16-13/h2-8,17-18H,9H2,1H3. The first-order valence-corrected chi connectivity index (χ1v) is 6.49. The molecule has 1 aromatic heterocycles. The third-order valence-electron chi connectivity index (χ3n) is 2.95. The minimum atomic E-state index is -1.52. The number of halogens is 1. The molecule has 0 aliphatic heterocycles. The van der Waals surface area contributed by atoms with Crippen LogP contribution in [0.1, 0.15) is 11.3 Å². The smallest absolute Gasteiger partial charge is 0.154 e. The second kappa shape index (κ2) is 5.69. The van der Waals surface area contributed by atoms with Crippen LogP contribution in [0.5, 0.6) is 5.75 Å². The Hall–Kier alpha value is -1.43. The van der Waals surface area contributed by atoms with Crippen LogP contribution in [0.3, 0.4) is 0 Å². The molecule has 2 aromatic rings. The van der Waals surface area contributed by atoms with Crippen LogP contribution in [0.25, 0.3) is 0 Å². The van der Waals surface area contributed by atoms with E-state index in [9.17, 15) is 10.2 Å². The van der Waals surface area contributed by atoms with Gasteiger partial charge in [0.1, 0.15) is 5.75 Å². The number of hydrogen-bond donors (Lipinski definition) is 2. The van der Waals surface area contributed by atoms with Crippen LogP contribution in [0, 0.1) is 0 Å². The number of methoxy groups -OCH3 is 1. The van der Waals surface area contributed by atoms with E-state index in [0.29, 0.717) is 17.0 Å². The van der Waals surface area contributed by atoms with Crippen molar-refractivity contribution in [3.8, 4) is 5.75 Å². The summed E-state index contributed by atoms with van der Waals surface area (Å²) >= 11 is 3.29. The normalized spacial score (nSPS) is 13.9. The molecule has 5 heteroatoms. The monoisotopic (exact) mass is 323 g/mol. The first-order valence-electron chi connectivity index (χ1n) is 5.70. The predicted molar refractivity (Wildman–Crippen MR) is 75.0 cm³/mol. The average Bonchev–Trinajstić information content (AvgIpc) is 2.47. The molecule has 0 amide bonds. The number of aliphatic hydroxyl groups is 2. The van der Waals surface area contributed by atoms with Crippen LogP contribution in [-0.2, 0) is 5.60 Å². The van der Waals surface area contributed by atoms with Crippen molar-refractivity contribution < 1.29 is 14.9 Å². The van der Waals surface area contributed by atoms with Crippen molar-refractivity contribution in [3.05, 3.63) is 58.3 Å². The SMILES string of the molecule is COc1ccc(C(O)(CO)c2ccc(Br)cn2)cc1. The maximum Gasteiger partial charge on any atom is 0.154 e. The summed E-state index contributed by atoms with van der Waals surface area (Å²) in [5.41, 5.74) is -0.568. The predicted octanol–water partition coefficient (Wildman–Crippen LogP) is 2.08. The molecule has 0 bridgehead atoms. The molecule has 0 saturated carbocycles. The molecule has 4 nitrogen and oxygen atoms in total. The summed E-state index contributed by atoms with van der Waals surface area (Å²) in [6, 6.07) is 10.3. The Bertz CT molecular complexity index is 542. The van der Waals surface area contributed by atoms with Gasteiger partial charge < -0.3 is 14.9 Å². The summed E-state index contributed by atoms with van der Waals surface area (Å²) in [6.07, 6.45) is 1.58. The number of nitrogens with zero attached hydrogens (tertiary/aromatic N) is 1. The Kier molecular flexibility index (Phi) is 4.19. The average molecular weight is 324 g/mol. The minimum absolute atomic E-state index is 0.392. The van der Waals surface area contributed by atoms with Crippen LogP contribution >= 0.6 is 15.9 Å². The van der Waals surface area contributed by atoms with Crippen molar-refractivity contribution in [2.24, 2.45) is 0 Å². The van der Waals surface area contributed by atoms with Gasteiger partial charge in [0, 0.05) is 10.7 Å². The maximum atomic E-state index is 10.6. The molecule has 0 fully saturated rings. The van der Waals surface area contributed by atoms with Crippen LogP contribution < -0.4 is 4.74 Å². The lowest BCUT2D eigenvalue weighted by Gasteiger charge is -2.26. The van der Waals surface area contributed by atoms with Gasteiger partial charge in [0.2, 0.25) is 0 Å². The number of ether oxygens (including phenoxy) is 1. The largest absolute Gasteiger partial charge is 0.497 e. The van der Waals surface area contributed by atoms with Crippen molar-refractivity contribution in [3.63, 3.8) is 0 Å². The highest BCUT2D eigenvalue weighted by atomic mass is 79.9. The Labute approximate surface area is 119 Å². The van der Waals surface area contributed by atoms with Crippen LogP contribution in [0.4, 0.5) is 0 Å². The lowest BCUT2D eigenvalue weighted by molar-refractivity contribution is 0.0137. The van der Waals surface area contributed by atoms with E-state index in [1.54, 1.807) is 49.7 Å². The number of hydrogen-bond acceptors (Lipinski definition) is 4. The van der Waals surface area contributed by atoms with Crippen molar-refractivity contribution in [2.45, 2.75) is 5.60 Å². The van der Waals surface area contributed by atoms with Gasteiger partial charge in [-0.2, -0.15) is 0 Å². The second-order valence-corrected chi connectivity index (χ2v) is 5.02. The van der Waals surface area contributed by atoms with Gasteiger partial charge in [-0.15, -0.1) is 0 Å². The zero-order chi connectivity index (χ0) is 13.9. The van der Waals surface area contributed by atoms with Gasteiger partial charge in [0.05, 0.1) is 19.4 Å². The number of aliphatic hydroxyl groups excluding tert-OH is 1. The van der Waals surface area contributed by atoms with E-state index in [2.05, 4.69) is 20.9 Å². The number of benzene rings is 1. The van der Waals surface area contributed by atoms with Gasteiger partial charge in [-0.05, 0) is 45.8 Å². The lowest BCUT2D eigenvalue weighted by Crippen LogP contribution is -2.32. The molecule has 1 atom stereocenters. The van der Waals surface area contributed by atoms with Gasteiger partial charge in [-0.3, -0.25) is 4.98 Å². The fraction of sp³-hybridized carbons (Fsp3) is 0.214. The Balaban J connectivity index is 2.43. The highest BCUT2D eigenvalue weighted by Crippen LogP contribution is 2.29. The van der Waals surface area contributed by atoms with Crippen molar-refractivity contribution in [2.75, 3.05) is 13.7 Å². The molecule has 0 aliphatic rings. The number of aromatic nitrogens is 1. The summed E-state index contributed by atoms with van der Waals surface area (Å²) in [7, 11) is 1.57. The van der Waals surface area contributed by atoms with Crippen LogP contribution in [0.2, 0.25) is 0 Å². The molecular formula is C14H14BrNO3. The Morgan fingerprint density at radius 2 is 1.89 bits per heavy atom. The van der Waals surface area contributed by atoms with E-state index in [4.69, 9.17) is 4.74 Å². The summed E-state index contributed by atoms with van der Waals surface area (Å²) in [5, 5.41) is 20.2. The van der Waals surface area contributed by atoms with E-state index in [1.807, 2.05) is 0 Å². The maximum absolute atomic E-state index is 10.6. The summed E-state index contributed by atoms with van der Waals surface area (Å²) < 4.78 is 5.88. The molecule has 100 valence electrons. The first kappa shape index (κ1) is 14.0. The highest BCUT2D eigenvalue weighted by molar-refractivity contribution is 9.10. The quantitative estimate of drug-likeness (QED) is 0.904. The zero-order valence-electron chi connectivity index (χ0n) is 10.4. The first-order chi connectivity index (χ1) is 9.10. The van der Waals surface area contributed by atoms with E-state index >= 15 is 0 Å². The van der Waals surface area contributed by atoms with E-state index in [1.165, 1.54) is 0 Å². The van der Waals surface area contributed by atoms with Crippen molar-refractivity contribution in [1.29, 1.82) is 0 Å². The topological polar surface area (TPSA) is 62.6 Å². The fourth-order valence-electron chi connectivity index (χ4n) is 1.81. The summed E-state index contributed by atoms with van der Waals surface area (Å²) in [4.78, 5) is 4.15. The van der Waals surface area contributed by atoms with E-state index in [0.717, 1.165) is 4.47 Å². The van der Waals surface area contributed by atoms with E-state index < -0.39 is 12.2 Å². The van der Waals surface area contributed by atoms with Gasteiger partial charge in [0.15, 0.2) is 5.60 Å². The second-order valence-electron chi connectivity index (χ2n) is 4.11. The summed E-state index contributed by atoms with van der Waals surface area (Å²) in [6.45, 7) is -0.450. The molecule has 2 N–H and O–H groups in total. The number of rotatable bonds is 4. The molecule has 0 saturated heterocycles. The molecular weight excluding hydrogens is 310 g/mol. The molecule has 0 aliphatic carbocycles. The molecule has 2 rings (SSSR count). The van der Waals surface area contributed by atoms with Crippen LogP contribution in [0.15, 0.2) is 47.1 Å². The number of pyridine rings is 1. The molecule has 1 unspecified atom stereocenters. The van der Waals surface area contributed by atoms with Crippen LogP contribution in [-0.4, -0.2) is 28.9 Å². The van der Waals surface area contributed by atoms with Gasteiger partial charge in [-0.25, -0.2) is 0 Å². The molecule has 0 radical (unpaired) electrons. The summed E-state index contributed by atoms with van der Waals surface area (Å²) in [5.74, 6) is 0.688. The third kappa shape index (κ3) is 2.78. The lowest BCUT2D eigenvalue weighted by atomic mass is 9.90. The molecule has 1 heterocycles. The minimum Gasteiger partial charge on any atom is -0.497 e. The van der Waals surface area contributed by atoms with E-state index in [-0.39, 0.29) is 0 Å². The van der Waals surface area contributed by atoms with Crippen molar-refractivity contribution in [1.82, 2.24) is 4.98 Å². The Morgan fingerprint density at radius 3 is 2.37 bits per heavy atom. The Morgan fingerprint density at radius 1 is 1.21 bits per heavy atom. The van der Waals surface area contributed by atoms with Gasteiger partial charge in [0.25, 0.3) is 0 Å². The molecule has 19 heavy (non-hydrogen) atoms. The third-order valence-corrected chi connectivity index (χ3v) is 3.42. The van der Waals surface area contributed by atoms with Gasteiger partial charge >= 0.3 is 0 Å². The highest BCUT2D eigenvalue weighted by Gasteiger charge is 2.32. The zero-order valence-corrected chi connectivity index (χ0v) is 12.0.